The molecule has 0 spiro atoms. The van der Waals surface area contributed by atoms with Gasteiger partial charge in [0.1, 0.15) is 5.75 Å². The van der Waals surface area contributed by atoms with Gasteiger partial charge in [-0.05, 0) is 72.7 Å². The van der Waals surface area contributed by atoms with E-state index in [9.17, 15) is 9.90 Å². The normalized spacial score (nSPS) is 12.1. The third kappa shape index (κ3) is 3.71. The van der Waals surface area contributed by atoms with E-state index in [0.29, 0.717) is 10.7 Å². The topological polar surface area (TPSA) is 80.9 Å². The molecule has 1 atom stereocenters. The van der Waals surface area contributed by atoms with E-state index in [1.54, 1.807) is 28.9 Å². The molecule has 0 saturated heterocycles. The molecule has 0 saturated carbocycles. The van der Waals surface area contributed by atoms with E-state index >= 15 is 0 Å². The molecule has 6 nitrogen and oxygen atoms in total. The van der Waals surface area contributed by atoms with Crippen molar-refractivity contribution in [3.63, 3.8) is 0 Å². The Labute approximate surface area is 149 Å². The molecule has 0 amide bonds. The first kappa shape index (κ1) is 17.2. The second-order valence-electron chi connectivity index (χ2n) is 5.81. The van der Waals surface area contributed by atoms with Crippen LogP contribution in [0.5, 0.6) is 5.75 Å². The van der Waals surface area contributed by atoms with Gasteiger partial charge in [0.15, 0.2) is 5.78 Å². The van der Waals surface area contributed by atoms with Crippen molar-refractivity contribution in [3.05, 3.63) is 59.2 Å². The number of hydrogen-bond acceptors (Lipinski definition) is 6. The molecule has 2 aromatic carbocycles. The lowest BCUT2D eigenvalue weighted by Gasteiger charge is -2.11. The number of benzene rings is 2. The first-order valence-corrected chi connectivity index (χ1v) is 8.69. The highest BCUT2D eigenvalue weighted by atomic mass is 32.2. The van der Waals surface area contributed by atoms with Crippen LogP contribution >= 0.6 is 11.8 Å². The maximum atomic E-state index is 12.7. The van der Waals surface area contributed by atoms with Gasteiger partial charge in [-0.1, -0.05) is 23.9 Å². The Morgan fingerprint density at radius 2 is 1.84 bits per heavy atom. The predicted octanol–water partition coefficient (Wildman–Crippen LogP) is 3.35. The van der Waals surface area contributed by atoms with Gasteiger partial charge in [-0.3, -0.25) is 4.79 Å². The summed E-state index contributed by atoms with van der Waals surface area (Å²) < 4.78 is 1.55. The van der Waals surface area contributed by atoms with E-state index in [4.69, 9.17) is 0 Å². The average molecular weight is 354 g/mol. The number of thioether (sulfide) groups is 1. The lowest BCUT2D eigenvalue weighted by molar-refractivity contribution is 0.0993. The Balaban J connectivity index is 1.80. The van der Waals surface area contributed by atoms with Crippen molar-refractivity contribution < 1.29 is 9.90 Å². The monoisotopic (exact) mass is 354 g/mol. The SMILES string of the molecule is Cc1ccc(C(=O)C(C)Sc2nnnn2-c2ccc(O)cc2)cc1C. The zero-order valence-corrected chi connectivity index (χ0v) is 15.0. The average Bonchev–Trinajstić information content (AvgIpc) is 3.05. The number of ketones is 1. The van der Waals surface area contributed by atoms with Crippen molar-refractivity contribution in [2.75, 3.05) is 0 Å². The molecule has 3 rings (SSSR count). The lowest BCUT2D eigenvalue weighted by Crippen LogP contribution is -2.15. The van der Waals surface area contributed by atoms with Crippen LogP contribution in [-0.2, 0) is 0 Å². The summed E-state index contributed by atoms with van der Waals surface area (Å²) in [7, 11) is 0. The highest BCUT2D eigenvalue weighted by molar-refractivity contribution is 8.00. The molecule has 1 unspecified atom stereocenters. The number of phenols is 1. The molecule has 128 valence electrons. The van der Waals surface area contributed by atoms with E-state index < -0.39 is 0 Å². The fraction of sp³-hybridized carbons (Fsp3) is 0.222. The van der Waals surface area contributed by atoms with Crippen LogP contribution in [0.25, 0.3) is 5.69 Å². The molecule has 3 aromatic rings. The molecule has 25 heavy (non-hydrogen) atoms. The molecule has 1 heterocycles. The largest absolute Gasteiger partial charge is 0.508 e. The molecule has 0 aliphatic heterocycles. The minimum absolute atomic E-state index is 0.0355. The lowest BCUT2D eigenvalue weighted by atomic mass is 10.0. The van der Waals surface area contributed by atoms with Gasteiger partial charge in [0, 0.05) is 5.56 Å². The summed E-state index contributed by atoms with van der Waals surface area (Å²) in [5, 5.41) is 21.3. The quantitative estimate of drug-likeness (QED) is 0.559. The van der Waals surface area contributed by atoms with Gasteiger partial charge >= 0.3 is 0 Å². The third-order valence-electron chi connectivity index (χ3n) is 3.98. The summed E-state index contributed by atoms with van der Waals surface area (Å²) in [6.45, 7) is 5.86. The summed E-state index contributed by atoms with van der Waals surface area (Å²) in [5.74, 6) is 0.206. The number of aryl methyl sites for hydroxylation is 2. The summed E-state index contributed by atoms with van der Waals surface area (Å²) in [6, 6.07) is 12.3. The molecule has 0 aliphatic rings. The third-order valence-corrected chi connectivity index (χ3v) is 5.01. The van der Waals surface area contributed by atoms with Crippen LogP contribution in [0.2, 0.25) is 0 Å². The number of carbonyl (C=O) groups is 1. The van der Waals surface area contributed by atoms with Crippen molar-refractivity contribution in [1.29, 1.82) is 0 Å². The van der Waals surface area contributed by atoms with Crippen LogP contribution in [0.3, 0.4) is 0 Å². The molecule has 0 radical (unpaired) electrons. The van der Waals surface area contributed by atoms with Crippen molar-refractivity contribution in [3.8, 4) is 11.4 Å². The molecule has 0 fully saturated rings. The van der Waals surface area contributed by atoms with Gasteiger partial charge in [0.05, 0.1) is 10.9 Å². The number of carbonyl (C=O) groups excluding carboxylic acids is 1. The highest BCUT2D eigenvalue weighted by Gasteiger charge is 2.20. The highest BCUT2D eigenvalue weighted by Crippen LogP contribution is 2.26. The summed E-state index contributed by atoms with van der Waals surface area (Å²) in [6.07, 6.45) is 0. The summed E-state index contributed by atoms with van der Waals surface area (Å²) >= 11 is 1.30. The zero-order valence-electron chi connectivity index (χ0n) is 14.2. The number of aromatic nitrogens is 4. The Kier molecular flexibility index (Phi) is 4.85. The molecule has 1 N–H and O–H groups in total. The summed E-state index contributed by atoms with van der Waals surface area (Å²) in [5.41, 5.74) is 3.66. The molecule has 0 bridgehead atoms. The molecular weight excluding hydrogens is 336 g/mol. The van der Waals surface area contributed by atoms with Crippen molar-refractivity contribution in [1.82, 2.24) is 20.2 Å². The Morgan fingerprint density at radius 1 is 1.12 bits per heavy atom. The number of hydrogen-bond donors (Lipinski definition) is 1. The predicted molar refractivity (Wildman–Crippen MR) is 96.4 cm³/mol. The maximum absolute atomic E-state index is 12.7. The van der Waals surface area contributed by atoms with Crippen molar-refractivity contribution in [2.45, 2.75) is 31.2 Å². The van der Waals surface area contributed by atoms with E-state index in [2.05, 4.69) is 15.5 Å². The Hall–Kier alpha value is -2.67. The van der Waals surface area contributed by atoms with E-state index in [1.807, 2.05) is 39.0 Å². The molecule has 0 aliphatic carbocycles. The van der Waals surface area contributed by atoms with E-state index in [-0.39, 0.29) is 16.8 Å². The Morgan fingerprint density at radius 3 is 2.52 bits per heavy atom. The zero-order chi connectivity index (χ0) is 18.0. The van der Waals surface area contributed by atoms with Gasteiger partial charge in [0.25, 0.3) is 0 Å². The minimum Gasteiger partial charge on any atom is -0.508 e. The van der Waals surface area contributed by atoms with Crippen LogP contribution < -0.4 is 0 Å². The van der Waals surface area contributed by atoms with Crippen molar-refractivity contribution in [2.24, 2.45) is 0 Å². The first-order chi connectivity index (χ1) is 12.0. The molecule has 7 heteroatoms. The summed E-state index contributed by atoms with van der Waals surface area (Å²) in [4.78, 5) is 12.7. The van der Waals surface area contributed by atoms with Gasteiger partial charge in [-0.15, -0.1) is 5.10 Å². The van der Waals surface area contributed by atoms with E-state index in [1.165, 1.54) is 11.8 Å². The minimum atomic E-state index is -0.330. The number of Topliss-reactive ketones (excluding diaryl/α,β-unsaturated/α-hetero) is 1. The van der Waals surface area contributed by atoms with Crippen LogP contribution in [0.15, 0.2) is 47.6 Å². The van der Waals surface area contributed by atoms with E-state index in [0.717, 1.165) is 16.8 Å². The van der Waals surface area contributed by atoms with Gasteiger partial charge in [-0.2, -0.15) is 4.68 Å². The van der Waals surface area contributed by atoms with Gasteiger partial charge in [0.2, 0.25) is 5.16 Å². The number of tetrazole rings is 1. The fourth-order valence-electron chi connectivity index (χ4n) is 2.35. The first-order valence-electron chi connectivity index (χ1n) is 7.81. The fourth-order valence-corrected chi connectivity index (χ4v) is 3.23. The smallest absolute Gasteiger partial charge is 0.214 e. The second-order valence-corrected chi connectivity index (χ2v) is 7.12. The number of rotatable bonds is 5. The maximum Gasteiger partial charge on any atom is 0.214 e. The standard InChI is InChI=1S/C18H18N4O2S/c1-11-4-5-14(10-12(11)2)17(24)13(3)25-18-19-20-21-22(18)15-6-8-16(23)9-7-15/h4-10,13,23H,1-3H3. The Bertz CT molecular complexity index is 906. The van der Waals surface area contributed by atoms with Gasteiger partial charge < -0.3 is 5.11 Å². The van der Waals surface area contributed by atoms with Crippen LogP contribution in [0.4, 0.5) is 0 Å². The van der Waals surface area contributed by atoms with Crippen LogP contribution in [0.1, 0.15) is 28.4 Å². The molecule has 1 aromatic heterocycles. The number of nitrogens with zero attached hydrogens (tertiary/aromatic N) is 4. The van der Waals surface area contributed by atoms with Crippen molar-refractivity contribution >= 4 is 17.5 Å². The van der Waals surface area contributed by atoms with Crippen LogP contribution in [-0.4, -0.2) is 36.3 Å². The second kappa shape index (κ2) is 7.06. The van der Waals surface area contributed by atoms with Gasteiger partial charge in [-0.25, -0.2) is 0 Å². The number of phenolic OH excluding ortho intramolecular Hbond substituents is 1. The number of aromatic hydroxyl groups is 1. The molecular formula is C18H18N4O2S. The van der Waals surface area contributed by atoms with Crippen LogP contribution in [0, 0.1) is 13.8 Å².